The number of phenols is 1. The number of hydrazone groups is 1. The number of nitrogens with one attached hydrogen (secondary N) is 1. The number of phenolic OH excluding ortho intramolecular Hbond substituents is 1. The molecule has 0 radical (unpaired) electrons. The number of carbonyl (C=O) groups is 2. The predicted molar refractivity (Wildman–Crippen MR) is 78.3 cm³/mol. The number of para-hydroxylation sites is 1. The second kappa shape index (κ2) is 7.88. The lowest BCUT2D eigenvalue weighted by Crippen LogP contribution is -2.41. The molecule has 21 heavy (non-hydrogen) atoms. The summed E-state index contributed by atoms with van der Waals surface area (Å²) in [5.41, 5.74) is 2.50. The summed E-state index contributed by atoms with van der Waals surface area (Å²) in [5.74, 6) is -1.26. The minimum Gasteiger partial charge on any atom is -0.504 e. The number of rotatable bonds is 5. The second-order valence-electron chi connectivity index (χ2n) is 4.07. The number of nitrogens with zero attached hydrogens (tertiary/aromatic N) is 2. The summed E-state index contributed by atoms with van der Waals surface area (Å²) in [5, 5.41) is 13.5. The van der Waals surface area contributed by atoms with Crippen molar-refractivity contribution in [1.82, 2.24) is 10.3 Å². The Morgan fingerprint density at radius 3 is 2.62 bits per heavy atom. The lowest BCUT2D eigenvalue weighted by Gasteiger charge is -2.16. The van der Waals surface area contributed by atoms with Crippen LogP contribution in [0.1, 0.15) is 19.4 Å². The van der Waals surface area contributed by atoms with E-state index in [1.807, 2.05) is 0 Å². The molecule has 0 heterocycles. The van der Waals surface area contributed by atoms with E-state index in [9.17, 15) is 14.7 Å². The van der Waals surface area contributed by atoms with Crippen LogP contribution in [0.15, 0.2) is 23.3 Å². The van der Waals surface area contributed by atoms with Crippen molar-refractivity contribution in [2.24, 2.45) is 5.10 Å². The van der Waals surface area contributed by atoms with Crippen LogP contribution in [0.3, 0.4) is 0 Å². The van der Waals surface area contributed by atoms with E-state index in [2.05, 4.69) is 10.5 Å². The minimum atomic E-state index is -0.822. The van der Waals surface area contributed by atoms with E-state index in [1.54, 1.807) is 32.0 Å². The van der Waals surface area contributed by atoms with Gasteiger partial charge >= 0.3 is 11.8 Å². The molecule has 0 aliphatic rings. The molecule has 7 heteroatoms. The van der Waals surface area contributed by atoms with Gasteiger partial charge in [-0.3, -0.25) is 9.59 Å². The van der Waals surface area contributed by atoms with Gasteiger partial charge in [0, 0.05) is 18.7 Å². The number of amides is 2. The van der Waals surface area contributed by atoms with Crippen LogP contribution in [0.4, 0.5) is 0 Å². The van der Waals surface area contributed by atoms with Crippen molar-refractivity contribution in [2.75, 3.05) is 20.2 Å². The highest BCUT2D eigenvalue weighted by Crippen LogP contribution is 2.27. The summed E-state index contributed by atoms with van der Waals surface area (Å²) in [6, 6.07) is 4.86. The van der Waals surface area contributed by atoms with Crippen LogP contribution in [0.5, 0.6) is 11.5 Å². The van der Waals surface area contributed by atoms with Gasteiger partial charge in [0.15, 0.2) is 11.5 Å². The molecule has 7 nitrogen and oxygen atoms in total. The molecule has 0 spiro atoms. The summed E-state index contributed by atoms with van der Waals surface area (Å²) in [6.45, 7) is 4.46. The zero-order valence-corrected chi connectivity index (χ0v) is 12.3. The number of ether oxygens (including phenoxy) is 1. The van der Waals surface area contributed by atoms with Crippen molar-refractivity contribution in [3.05, 3.63) is 23.8 Å². The van der Waals surface area contributed by atoms with E-state index in [1.165, 1.54) is 18.2 Å². The van der Waals surface area contributed by atoms with Crippen molar-refractivity contribution < 1.29 is 19.4 Å². The first-order valence-corrected chi connectivity index (χ1v) is 6.53. The lowest BCUT2D eigenvalue weighted by molar-refractivity contribution is -0.145. The first-order chi connectivity index (χ1) is 10.0. The molecule has 0 aliphatic heterocycles. The molecule has 2 amide bonds. The normalized spacial score (nSPS) is 10.4. The number of benzene rings is 1. The summed E-state index contributed by atoms with van der Waals surface area (Å²) < 4.78 is 4.95. The largest absolute Gasteiger partial charge is 0.504 e. The van der Waals surface area contributed by atoms with Gasteiger partial charge in [0.05, 0.1) is 13.3 Å². The van der Waals surface area contributed by atoms with Crippen LogP contribution in [-0.2, 0) is 9.59 Å². The van der Waals surface area contributed by atoms with E-state index in [0.717, 1.165) is 0 Å². The minimum absolute atomic E-state index is 0.0898. The average molecular weight is 293 g/mol. The van der Waals surface area contributed by atoms with E-state index >= 15 is 0 Å². The van der Waals surface area contributed by atoms with Crippen molar-refractivity contribution in [3.63, 3.8) is 0 Å². The lowest BCUT2D eigenvalue weighted by atomic mass is 10.2. The Hall–Kier alpha value is -2.57. The Bertz CT molecular complexity index is 539. The summed E-state index contributed by atoms with van der Waals surface area (Å²) in [4.78, 5) is 24.7. The smallest absolute Gasteiger partial charge is 0.329 e. The van der Waals surface area contributed by atoms with Crippen LogP contribution in [0.25, 0.3) is 0 Å². The van der Waals surface area contributed by atoms with Gasteiger partial charge in [-0.2, -0.15) is 5.10 Å². The Balaban J connectivity index is 2.71. The molecule has 0 unspecified atom stereocenters. The fourth-order valence-electron chi connectivity index (χ4n) is 1.67. The van der Waals surface area contributed by atoms with Gasteiger partial charge in [0.2, 0.25) is 0 Å². The van der Waals surface area contributed by atoms with Crippen LogP contribution in [-0.4, -0.2) is 48.2 Å². The van der Waals surface area contributed by atoms with E-state index in [0.29, 0.717) is 24.4 Å². The SMILES string of the molecule is CCN(CC)C(=O)C(=O)N/N=C\c1cccc(OC)c1O. The third kappa shape index (κ3) is 4.20. The topological polar surface area (TPSA) is 91.2 Å². The Kier molecular flexibility index (Phi) is 6.19. The highest BCUT2D eigenvalue weighted by atomic mass is 16.5. The summed E-state index contributed by atoms with van der Waals surface area (Å²) in [7, 11) is 1.43. The van der Waals surface area contributed by atoms with Crippen LogP contribution >= 0.6 is 0 Å². The number of hydrogen-bond donors (Lipinski definition) is 2. The first-order valence-electron chi connectivity index (χ1n) is 6.53. The molecule has 0 atom stereocenters. The van der Waals surface area contributed by atoms with Crippen molar-refractivity contribution in [3.8, 4) is 11.5 Å². The number of likely N-dealkylation sites (N-methyl/N-ethyl adjacent to an activating group) is 1. The van der Waals surface area contributed by atoms with Crippen LogP contribution < -0.4 is 10.2 Å². The molecule has 1 aromatic carbocycles. The quantitative estimate of drug-likeness (QED) is 0.475. The fraction of sp³-hybridized carbons (Fsp3) is 0.357. The molecule has 0 aliphatic carbocycles. The molecule has 0 saturated heterocycles. The maximum absolute atomic E-state index is 11.7. The Labute approximate surface area is 123 Å². The van der Waals surface area contributed by atoms with E-state index in [4.69, 9.17) is 4.74 Å². The third-order valence-electron chi connectivity index (χ3n) is 2.86. The van der Waals surface area contributed by atoms with Crippen LogP contribution in [0, 0.1) is 0 Å². The molecule has 1 aromatic rings. The number of carbonyl (C=O) groups excluding carboxylic acids is 2. The molecule has 0 saturated carbocycles. The number of methoxy groups -OCH3 is 1. The van der Waals surface area contributed by atoms with Crippen molar-refractivity contribution >= 4 is 18.0 Å². The molecule has 114 valence electrons. The van der Waals surface area contributed by atoms with Gasteiger partial charge in [-0.1, -0.05) is 6.07 Å². The highest BCUT2D eigenvalue weighted by Gasteiger charge is 2.18. The average Bonchev–Trinajstić information content (AvgIpc) is 2.49. The predicted octanol–water partition coefficient (Wildman–Crippen LogP) is 0.719. The second-order valence-corrected chi connectivity index (χ2v) is 4.07. The zero-order valence-electron chi connectivity index (χ0n) is 12.3. The monoisotopic (exact) mass is 293 g/mol. The summed E-state index contributed by atoms with van der Waals surface area (Å²) >= 11 is 0. The highest BCUT2D eigenvalue weighted by molar-refractivity contribution is 6.34. The van der Waals surface area contributed by atoms with Crippen molar-refractivity contribution in [1.29, 1.82) is 0 Å². The Morgan fingerprint density at radius 2 is 2.05 bits per heavy atom. The van der Waals surface area contributed by atoms with E-state index in [-0.39, 0.29) is 5.75 Å². The summed E-state index contributed by atoms with van der Waals surface area (Å²) in [6.07, 6.45) is 1.24. The van der Waals surface area contributed by atoms with E-state index < -0.39 is 11.8 Å². The van der Waals surface area contributed by atoms with Gasteiger partial charge in [-0.15, -0.1) is 0 Å². The zero-order chi connectivity index (χ0) is 15.8. The molecular formula is C14H19N3O4. The van der Waals surface area contributed by atoms with Crippen LogP contribution in [0.2, 0.25) is 0 Å². The maximum atomic E-state index is 11.7. The Morgan fingerprint density at radius 1 is 1.38 bits per heavy atom. The molecule has 0 aromatic heterocycles. The maximum Gasteiger partial charge on any atom is 0.329 e. The molecule has 2 N–H and O–H groups in total. The van der Waals surface area contributed by atoms with Gasteiger partial charge in [-0.05, 0) is 26.0 Å². The number of aromatic hydroxyl groups is 1. The van der Waals surface area contributed by atoms with Gasteiger partial charge in [0.25, 0.3) is 0 Å². The standard InChI is InChI=1S/C14H19N3O4/c1-4-17(5-2)14(20)13(19)16-15-9-10-7-6-8-11(21-3)12(10)18/h6-9,18H,4-5H2,1-3H3,(H,16,19)/b15-9-. The van der Waals surface area contributed by atoms with Gasteiger partial charge in [-0.25, -0.2) is 5.43 Å². The fourth-order valence-corrected chi connectivity index (χ4v) is 1.67. The number of hydrogen-bond acceptors (Lipinski definition) is 5. The molecule has 0 fully saturated rings. The third-order valence-corrected chi connectivity index (χ3v) is 2.86. The van der Waals surface area contributed by atoms with Gasteiger partial charge in [0.1, 0.15) is 0 Å². The first kappa shape index (κ1) is 16.5. The van der Waals surface area contributed by atoms with Crippen molar-refractivity contribution in [2.45, 2.75) is 13.8 Å². The van der Waals surface area contributed by atoms with Gasteiger partial charge < -0.3 is 14.7 Å². The molecule has 1 rings (SSSR count). The molecule has 0 bridgehead atoms. The molecular weight excluding hydrogens is 274 g/mol.